The van der Waals surface area contributed by atoms with Crippen molar-refractivity contribution in [2.45, 2.75) is 18.9 Å². The Morgan fingerprint density at radius 2 is 1.90 bits per heavy atom. The lowest BCUT2D eigenvalue weighted by Gasteiger charge is -2.22. The Kier molecular flexibility index (Phi) is 6.29. The van der Waals surface area contributed by atoms with Crippen molar-refractivity contribution in [3.8, 4) is 11.5 Å². The maximum atomic E-state index is 6.18. The maximum absolute atomic E-state index is 6.18. The van der Waals surface area contributed by atoms with Crippen molar-refractivity contribution < 1.29 is 18.9 Å². The van der Waals surface area contributed by atoms with Gasteiger partial charge in [-0.15, -0.1) is 0 Å². The lowest BCUT2D eigenvalue weighted by atomic mass is 10.0. The first-order valence-electron chi connectivity index (χ1n) is 7.37. The van der Waals surface area contributed by atoms with E-state index < -0.39 is 0 Å². The molecule has 0 radical (unpaired) electrons. The Morgan fingerprint density at radius 3 is 2.57 bits per heavy atom. The zero-order valence-electron chi connectivity index (χ0n) is 12.8. The number of benzene rings is 1. The van der Waals surface area contributed by atoms with Crippen LogP contribution in [0.25, 0.3) is 0 Å². The minimum atomic E-state index is -0.162. The van der Waals surface area contributed by atoms with Crippen LogP contribution in [0.2, 0.25) is 0 Å². The molecule has 5 nitrogen and oxygen atoms in total. The monoisotopic (exact) mass is 295 g/mol. The van der Waals surface area contributed by atoms with Gasteiger partial charge in [0.05, 0.1) is 26.9 Å². The van der Waals surface area contributed by atoms with Gasteiger partial charge >= 0.3 is 0 Å². The lowest BCUT2D eigenvalue weighted by Crippen LogP contribution is -2.23. The van der Waals surface area contributed by atoms with E-state index in [1.807, 2.05) is 18.2 Å². The second-order valence-corrected chi connectivity index (χ2v) is 5.31. The van der Waals surface area contributed by atoms with Crippen LogP contribution in [-0.4, -0.2) is 40.6 Å². The fraction of sp³-hybridized carbons (Fsp3) is 0.625. The van der Waals surface area contributed by atoms with Crippen LogP contribution in [0.4, 0.5) is 0 Å². The summed E-state index contributed by atoms with van der Waals surface area (Å²) in [6, 6.07) is 5.56. The first kappa shape index (κ1) is 16.1. The third-order valence-electron chi connectivity index (χ3n) is 3.83. The average molecular weight is 295 g/mol. The van der Waals surface area contributed by atoms with Crippen LogP contribution in [0.15, 0.2) is 18.2 Å². The molecule has 0 aromatic heterocycles. The second-order valence-electron chi connectivity index (χ2n) is 5.31. The Labute approximate surface area is 126 Å². The molecule has 21 heavy (non-hydrogen) atoms. The van der Waals surface area contributed by atoms with E-state index in [-0.39, 0.29) is 6.04 Å². The first-order valence-corrected chi connectivity index (χ1v) is 7.37. The van der Waals surface area contributed by atoms with Crippen LogP contribution in [-0.2, 0) is 9.47 Å². The molecule has 5 heteroatoms. The second kappa shape index (κ2) is 8.22. The van der Waals surface area contributed by atoms with Crippen molar-refractivity contribution >= 4 is 0 Å². The number of hydrogen-bond acceptors (Lipinski definition) is 5. The average Bonchev–Trinajstić information content (AvgIpc) is 2.55. The molecule has 1 aliphatic heterocycles. The zero-order valence-corrected chi connectivity index (χ0v) is 12.8. The van der Waals surface area contributed by atoms with Gasteiger partial charge < -0.3 is 24.7 Å². The molecule has 0 bridgehead atoms. The molecule has 1 unspecified atom stereocenters. The number of ether oxygens (including phenoxy) is 4. The van der Waals surface area contributed by atoms with Crippen molar-refractivity contribution in [3.05, 3.63) is 23.8 Å². The highest BCUT2D eigenvalue weighted by Gasteiger charge is 2.15. The van der Waals surface area contributed by atoms with Crippen LogP contribution in [0.5, 0.6) is 11.5 Å². The molecule has 2 N–H and O–H groups in total. The van der Waals surface area contributed by atoms with Gasteiger partial charge in [-0.3, -0.25) is 0 Å². The summed E-state index contributed by atoms with van der Waals surface area (Å²) in [5.74, 6) is 1.99. The van der Waals surface area contributed by atoms with Gasteiger partial charge in [0.25, 0.3) is 0 Å². The number of rotatable bonds is 7. The van der Waals surface area contributed by atoms with Gasteiger partial charge in [0, 0.05) is 19.8 Å². The van der Waals surface area contributed by atoms with Crippen molar-refractivity contribution in [2.24, 2.45) is 11.7 Å². The van der Waals surface area contributed by atoms with Gasteiger partial charge in [-0.05, 0) is 36.5 Å². The van der Waals surface area contributed by atoms with E-state index in [1.54, 1.807) is 14.2 Å². The van der Waals surface area contributed by atoms with Gasteiger partial charge in [0.1, 0.15) is 0 Å². The molecule has 1 saturated heterocycles. The third-order valence-corrected chi connectivity index (χ3v) is 3.83. The fourth-order valence-corrected chi connectivity index (χ4v) is 2.45. The fourth-order valence-electron chi connectivity index (χ4n) is 2.45. The Morgan fingerprint density at radius 1 is 1.19 bits per heavy atom. The Hall–Kier alpha value is -1.30. The molecular formula is C16H25NO4. The minimum Gasteiger partial charge on any atom is -0.493 e. The normalized spacial score (nSPS) is 17.5. The van der Waals surface area contributed by atoms with Crippen LogP contribution < -0.4 is 15.2 Å². The number of nitrogens with two attached hydrogens (primary N) is 1. The molecule has 0 spiro atoms. The van der Waals surface area contributed by atoms with Crippen LogP contribution in [0.1, 0.15) is 24.4 Å². The summed E-state index contributed by atoms with van der Waals surface area (Å²) in [6.45, 7) is 2.95. The summed E-state index contributed by atoms with van der Waals surface area (Å²) in [4.78, 5) is 0. The number of hydrogen-bond donors (Lipinski definition) is 1. The summed E-state index contributed by atoms with van der Waals surface area (Å²) < 4.78 is 21.6. The van der Waals surface area contributed by atoms with Crippen molar-refractivity contribution in [2.75, 3.05) is 40.6 Å². The van der Waals surface area contributed by atoms with E-state index >= 15 is 0 Å². The topological polar surface area (TPSA) is 62.9 Å². The highest BCUT2D eigenvalue weighted by molar-refractivity contribution is 5.43. The van der Waals surface area contributed by atoms with Crippen molar-refractivity contribution in [1.82, 2.24) is 0 Å². The molecule has 1 heterocycles. The zero-order chi connectivity index (χ0) is 15.1. The Balaban J connectivity index is 1.83. The van der Waals surface area contributed by atoms with E-state index in [1.165, 1.54) is 0 Å². The van der Waals surface area contributed by atoms with Gasteiger partial charge in [-0.2, -0.15) is 0 Å². The van der Waals surface area contributed by atoms with Crippen LogP contribution in [0, 0.1) is 5.92 Å². The van der Waals surface area contributed by atoms with Gasteiger partial charge in [-0.25, -0.2) is 0 Å². The SMILES string of the molecule is COc1ccc(C(N)COCC2CCOCC2)cc1OC. The predicted octanol–water partition coefficient (Wildman–Crippen LogP) is 2.15. The van der Waals surface area contributed by atoms with Crippen molar-refractivity contribution in [3.63, 3.8) is 0 Å². The lowest BCUT2D eigenvalue weighted by molar-refractivity contribution is 0.0174. The van der Waals surface area contributed by atoms with Crippen LogP contribution in [0.3, 0.4) is 0 Å². The summed E-state index contributed by atoms with van der Waals surface area (Å²) in [5.41, 5.74) is 7.17. The smallest absolute Gasteiger partial charge is 0.161 e. The predicted molar refractivity (Wildman–Crippen MR) is 80.8 cm³/mol. The molecule has 118 valence electrons. The van der Waals surface area contributed by atoms with Crippen molar-refractivity contribution in [1.29, 1.82) is 0 Å². The van der Waals surface area contributed by atoms with Gasteiger partial charge in [0.2, 0.25) is 0 Å². The minimum absolute atomic E-state index is 0.162. The van der Waals surface area contributed by atoms with E-state index in [0.717, 1.165) is 38.2 Å². The quantitative estimate of drug-likeness (QED) is 0.835. The molecule has 0 aliphatic carbocycles. The maximum Gasteiger partial charge on any atom is 0.161 e. The van der Waals surface area contributed by atoms with Crippen LogP contribution >= 0.6 is 0 Å². The Bertz CT molecular complexity index is 432. The number of methoxy groups -OCH3 is 2. The largest absolute Gasteiger partial charge is 0.493 e. The standard InChI is InChI=1S/C16H25NO4/c1-18-15-4-3-13(9-16(15)19-2)14(17)11-21-10-12-5-7-20-8-6-12/h3-4,9,12,14H,5-8,10-11,17H2,1-2H3. The van der Waals surface area contributed by atoms with Gasteiger partial charge in [0.15, 0.2) is 11.5 Å². The van der Waals surface area contributed by atoms with E-state index in [2.05, 4.69) is 0 Å². The van der Waals surface area contributed by atoms with E-state index in [4.69, 9.17) is 24.7 Å². The summed E-state index contributed by atoms with van der Waals surface area (Å²) >= 11 is 0. The molecule has 0 amide bonds. The highest BCUT2D eigenvalue weighted by Crippen LogP contribution is 2.29. The molecule has 1 aliphatic rings. The molecule has 2 rings (SSSR count). The molecule has 1 aromatic carbocycles. The molecule has 1 atom stereocenters. The van der Waals surface area contributed by atoms with Gasteiger partial charge in [-0.1, -0.05) is 6.07 Å². The summed E-state index contributed by atoms with van der Waals surface area (Å²) in [6.07, 6.45) is 2.15. The summed E-state index contributed by atoms with van der Waals surface area (Å²) in [5, 5.41) is 0. The van der Waals surface area contributed by atoms with E-state index in [9.17, 15) is 0 Å². The first-order chi connectivity index (χ1) is 10.2. The molecule has 1 aromatic rings. The third kappa shape index (κ3) is 4.59. The molecule has 1 fully saturated rings. The highest BCUT2D eigenvalue weighted by atomic mass is 16.5. The molecule has 0 saturated carbocycles. The summed E-state index contributed by atoms with van der Waals surface area (Å²) in [7, 11) is 3.24. The molecular weight excluding hydrogens is 270 g/mol. The van der Waals surface area contributed by atoms with E-state index in [0.29, 0.717) is 24.0 Å².